The Morgan fingerprint density at radius 3 is 2.71 bits per heavy atom. The third kappa shape index (κ3) is 4.74. The van der Waals surface area contributed by atoms with Crippen molar-refractivity contribution in [1.29, 1.82) is 0 Å². The number of carbonyl (C=O) groups is 2. The van der Waals surface area contributed by atoms with Crippen LogP contribution in [0.15, 0.2) is 82.8 Å². The Labute approximate surface area is 241 Å². The maximum Gasteiger partial charge on any atom is 0.301 e. The van der Waals surface area contributed by atoms with Crippen molar-refractivity contribution in [2.75, 3.05) is 12.0 Å². The van der Waals surface area contributed by atoms with E-state index in [1.807, 2.05) is 6.07 Å². The Balaban J connectivity index is 1.45. The van der Waals surface area contributed by atoms with Crippen molar-refractivity contribution in [1.82, 2.24) is 19.6 Å². The van der Waals surface area contributed by atoms with E-state index in [4.69, 9.17) is 4.74 Å². The van der Waals surface area contributed by atoms with Crippen LogP contribution in [0, 0.1) is 12.7 Å². The van der Waals surface area contributed by atoms with Crippen LogP contribution >= 0.6 is 23.1 Å². The number of rotatable bonds is 7. The number of anilines is 1. The number of ketones is 1. The predicted molar refractivity (Wildman–Crippen MR) is 154 cm³/mol. The average Bonchev–Trinajstić information content (AvgIpc) is 3.66. The summed E-state index contributed by atoms with van der Waals surface area (Å²) in [7, 11) is 1.52. The van der Waals surface area contributed by atoms with Gasteiger partial charge in [0.25, 0.3) is 5.78 Å². The van der Waals surface area contributed by atoms with Gasteiger partial charge in [-0.15, -0.1) is 10.2 Å². The molecule has 3 aromatic heterocycles. The third-order valence-corrected chi connectivity index (χ3v) is 8.80. The summed E-state index contributed by atoms with van der Waals surface area (Å²) in [5.74, 6) is -1.57. The molecule has 1 aliphatic rings. The largest absolute Gasteiger partial charge is 0.505 e. The molecule has 0 bridgehead atoms. The molecule has 206 valence electrons. The van der Waals surface area contributed by atoms with Gasteiger partial charge in [0.1, 0.15) is 22.9 Å². The first kappa shape index (κ1) is 26.7. The van der Waals surface area contributed by atoms with E-state index >= 15 is 0 Å². The Bertz CT molecular complexity index is 1850. The normalized spacial score (nSPS) is 16.6. The lowest BCUT2D eigenvalue weighted by Crippen LogP contribution is -2.29. The van der Waals surface area contributed by atoms with Gasteiger partial charge in [-0.3, -0.25) is 18.9 Å². The average molecular weight is 588 g/mol. The molecule has 4 heterocycles. The molecule has 0 saturated carbocycles. The minimum atomic E-state index is -1.02. The quantitative estimate of drug-likeness (QED) is 0.0867. The highest BCUT2D eigenvalue weighted by Gasteiger charge is 2.49. The SMILES string of the molecule is COc1cccc(C2C(=C(O)c3c(C)nc4ccccn34)C(=O)C(=O)N2c2nnc(SCc3ccccc3F)s2)c1. The summed E-state index contributed by atoms with van der Waals surface area (Å²) < 4.78 is 21.7. The van der Waals surface area contributed by atoms with Crippen LogP contribution in [0.2, 0.25) is 0 Å². The summed E-state index contributed by atoms with van der Waals surface area (Å²) in [5.41, 5.74) is 2.32. The Kier molecular flexibility index (Phi) is 7.01. The lowest BCUT2D eigenvalue weighted by molar-refractivity contribution is -0.132. The van der Waals surface area contributed by atoms with E-state index in [1.54, 1.807) is 72.1 Å². The monoisotopic (exact) mass is 587 g/mol. The number of carbonyl (C=O) groups excluding carboxylic acids is 2. The number of aromatic nitrogens is 4. The first-order chi connectivity index (χ1) is 19.9. The van der Waals surface area contributed by atoms with Crippen molar-refractivity contribution in [2.45, 2.75) is 23.1 Å². The fraction of sp³-hybridized carbons (Fsp3) is 0.138. The maximum atomic E-state index is 14.1. The standard InChI is InChI=1S/C29H22FN5O4S2/c1-16-23(34-13-6-5-12-21(34)31-16)25(36)22-24(17-9-7-10-19(14-17)39-2)35(27(38)26(22)37)28-32-33-29(41-28)40-15-18-8-3-4-11-20(18)30/h3-14,24,36H,15H2,1-2H3. The van der Waals surface area contributed by atoms with Crippen molar-refractivity contribution in [3.63, 3.8) is 0 Å². The van der Waals surface area contributed by atoms with Gasteiger partial charge < -0.3 is 9.84 Å². The van der Waals surface area contributed by atoms with E-state index in [0.717, 1.165) is 11.3 Å². The van der Waals surface area contributed by atoms with E-state index in [2.05, 4.69) is 15.2 Å². The van der Waals surface area contributed by atoms with Gasteiger partial charge in [0.15, 0.2) is 10.1 Å². The number of fused-ring (bicyclic) bond motifs is 1. The number of methoxy groups -OCH3 is 1. The van der Waals surface area contributed by atoms with Gasteiger partial charge in [-0.1, -0.05) is 59.5 Å². The third-order valence-electron chi connectivity index (χ3n) is 6.69. The molecule has 0 radical (unpaired) electrons. The lowest BCUT2D eigenvalue weighted by atomic mass is 9.96. The molecule has 9 nitrogen and oxygen atoms in total. The molecule has 0 aliphatic carbocycles. The molecule has 5 aromatic rings. The smallest absolute Gasteiger partial charge is 0.301 e. The first-order valence-corrected chi connectivity index (χ1v) is 14.3. The Morgan fingerprint density at radius 2 is 1.90 bits per heavy atom. The maximum absolute atomic E-state index is 14.1. The highest BCUT2D eigenvalue weighted by molar-refractivity contribution is 8.00. The number of thioether (sulfide) groups is 1. The summed E-state index contributed by atoms with van der Waals surface area (Å²) >= 11 is 2.37. The number of hydrogen-bond donors (Lipinski definition) is 1. The molecule has 41 heavy (non-hydrogen) atoms. The van der Waals surface area contributed by atoms with E-state index in [1.165, 1.54) is 29.8 Å². The number of amides is 1. The fourth-order valence-electron chi connectivity index (χ4n) is 4.80. The van der Waals surface area contributed by atoms with Crippen LogP contribution in [0.3, 0.4) is 0 Å². The second kappa shape index (κ2) is 10.8. The van der Waals surface area contributed by atoms with Crippen LogP contribution in [0.5, 0.6) is 5.75 Å². The second-order valence-corrected chi connectivity index (χ2v) is 11.3. The summed E-state index contributed by atoms with van der Waals surface area (Å²) in [6, 6.07) is 17.7. The van der Waals surface area contributed by atoms with Gasteiger partial charge in [-0.2, -0.15) is 0 Å². The number of aryl methyl sites for hydroxylation is 1. The van der Waals surface area contributed by atoms with Crippen LogP contribution in [0.4, 0.5) is 9.52 Å². The topological polar surface area (TPSA) is 110 Å². The fourth-order valence-corrected chi connectivity index (χ4v) is 6.65. The number of aliphatic hydroxyl groups is 1. The number of halogens is 1. The van der Waals surface area contributed by atoms with Gasteiger partial charge in [0.05, 0.1) is 24.4 Å². The van der Waals surface area contributed by atoms with E-state index < -0.39 is 17.7 Å². The molecule has 12 heteroatoms. The molecule has 2 aromatic carbocycles. The number of pyridine rings is 1. The Hall–Kier alpha value is -4.55. The van der Waals surface area contributed by atoms with Gasteiger partial charge in [0, 0.05) is 11.9 Å². The summed E-state index contributed by atoms with van der Waals surface area (Å²) in [6.07, 6.45) is 1.73. The van der Waals surface area contributed by atoms with E-state index in [9.17, 15) is 19.1 Å². The molecule has 1 unspecified atom stereocenters. The summed E-state index contributed by atoms with van der Waals surface area (Å²) in [6.45, 7) is 1.72. The van der Waals surface area contributed by atoms with Crippen LogP contribution in [-0.4, -0.2) is 43.5 Å². The first-order valence-electron chi connectivity index (χ1n) is 12.5. The number of ether oxygens (including phenoxy) is 1. The minimum absolute atomic E-state index is 0.104. The van der Waals surface area contributed by atoms with Crippen molar-refractivity contribution < 1.29 is 23.8 Å². The van der Waals surface area contributed by atoms with E-state index in [-0.39, 0.29) is 22.3 Å². The van der Waals surface area contributed by atoms with Crippen LogP contribution < -0.4 is 9.64 Å². The molecule has 1 amide bonds. The highest BCUT2D eigenvalue weighted by Crippen LogP contribution is 2.45. The number of hydrogen-bond acceptors (Lipinski definition) is 9. The highest BCUT2D eigenvalue weighted by atomic mass is 32.2. The summed E-state index contributed by atoms with van der Waals surface area (Å²) in [4.78, 5) is 32.9. The number of Topliss-reactive ketones (excluding diaryl/α,β-unsaturated/α-hetero) is 1. The number of benzene rings is 2. The molecule has 0 spiro atoms. The molecular weight excluding hydrogens is 565 g/mol. The minimum Gasteiger partial charge on any atom is -0.505 e. The van der Waals surface area contributed by atoms with Crippen molar-refractivity contribution >= 4 is 51.3 Å². The van der Waals surface area contributed by atoms with Gasteiger partial charge in [-0.25, -0.2) is 9.37 Å². The lowest BCUT2D eigenvalue weighted by Gasteiger charge is -2.22. The van der Waals surface area contributed by atoms with Gasteiger partial charge >= 0.3 is 5.91 Å². The van der Waals surface area contributed by atoms with E-state index in [0.29, 0.717) is 44.0 Å². The van der Waals surface area contributed by atoms with Crippen molar-refractivity contribution in [3.05, 3.63) is 107 Å². The van der Waals surface area contributed by atoms with Crippen molar-refractivity contribution in [2.24, 2.45) is 0 Å². The second-order valence-electron chi connectivity index (χ2n) is 9.15. The zero-order valence-electron chi connectivity index (χ0n) is 21.8. The Morgan fingerprint density at radius 1 is 1.10 bits per heavy atom. The van der Waals surface area contributed by atoms with Crippen molar-refractivity contribution in [3.8, 4) is 5.75 Å². The van der Waals surface area contributed by atoms with Crippen LogP contribution in [0.1, 0.15) is 28.6 Å². The zero-order chi connectivity index (χ0) is 28.7. The molecule has 1 atom stereocenters. The predicted octanol–water partition coefficient (Wildman–Crippen LogP) is 5.56. The number of imidazole rings is 1. The van der Waals surface area contributed by atoms with Gasteiger partial charge in [-0.05, 0) is 48.4 Å². The number of nitrogens with zero attached hydrogens (tertiary/aromatic N) is 5. The van der Waals surface area contributed by atoms with Gasteiger partial charge in [0.2, 0.25) is 5.13 Å². The van der Waals surface area contributed by atoms with Crippen LogP contribution in [0.25, 0.3) is 11.4 Å². The molecule has 6 rings (SSSR count). The molecule has 1 saturated heterocycles. The number of aliphatic hydroxyl groups excluding tert-OH is 1. The zero-order valence-corrected chi connectivity index (χ0v) is 23.4. The summed E-state index contributed by atoms with van der Waals surface area (Å²) in [5, 5.41) is 20.2. The molecule has 1 N–H and O–H groups in total. The molecule has 1 aliphatic heterocycles. The molecule has 1 fully saturated rings. The van der Waals surface area contributed by atoms with Crippen LogP contribution in [-0.2, 0) is 15.3 Å². The molecular formula is C29H22FN5O4S2.